The van der Waals surface area contributed by atoms with E-state index in [-0.39, 0.29) is 5.75 Å². The highest BCUT2D eigenvalue weighted by molar-refractivity contribution is 7.85. The van der Waals surface area contributed by atoms with E-state index in [1.54, 1.807) is 0 Å². The van der Waals surface area contributed by atoms with Crippen LogP contribution in [0.5, 0.6) is 0 Å². The summed E-state index contributed by atoms with van der Waals surface area (Å²) in [6.07, 6.45) is 2.33. The SMILES string of the molecule is CC(C)CCCCS(=O)(=O)[O-].C[NH2+]C. The predicted octanol–water partition coefficient (Wildman–Crippen LogP) is 0.167. The maximum atomic E-state index is 10.1. The van der Waals surface area contributed by atoms with Crippen molar-refractivity contribution in [1.29, 1.82) is 0 Å². The monoisotopic (exact) mass is 225 g/mol. The number of unbranched alkanes of at least 4 members (excludes halogenated alkanes) is 1. The van der Waals surface area contributed by atoms with Crippen molar-refractivity contribution in [3.63, 3.8) is 0 Å². The van der Waals surface area contributed by atoms with Crippen molar-refractivity contribution < 1.29 is 18.3 Å². The zero-order valence-electron chi connectivity index (χ0n) is 9.62. The third-order valence-corrected chi connectivity index (χ3v) is 2.21. The Kier molecular flexibility index (Phi) is 11.0. The molecule has 0 aromatic carbocycles. The first-order valence-corrected chi connectivity index (χ1v) is 6.58. The number of rotatable bonds is 5. The third kappa shape index (κ3) is 22.6. The van der Waals surface area contributed by atoms with Crippen molar-refractivity contribution in [2.75, 3.05) is 19.8 Å². The van der Waals surface area contributed by atoms with Crippen molar-refractivity contribution in [2.24, 2.45) is 5.92 Å². The maximum Gasteiger partial charge on any atom is 0.0945 e. The molecule has 0 aromatic heterocycles. The van der Waals surface area contributed by atoms with Gasteiger partial charge in [-0.1, -0.05) is 26.7 Å². The molecule has 0 amide bonds. The molecule has 0 spiro atoms. The van der Waals surface area contributed by atoms with Crippen molar-refractivity contribution in [3.05, 3.63) is 0 Å². The van der Waals surface area contributed by atoms with Crippen molar-refractivity contribution in [3.8, 4) is 0 Å². The van der Waals surface area contributed by atoms with Gasteiger partial charge in [-0.25, -0.2) is 8.42 Å². The van der Waals surface area contributed by atoms with Crippen LogP contribution in [0.2, 0.25) is 0 Å². The highest BCUT2D eigenvalue weighted by atomic mass is 32.2. The Labute approximate surface area is 87.8 Å². The van der Waals surface area contributed by atoms with Crippen LogP contribution in [0.3, 0.4) is 0 Å². The van der Waals surface area contributed by atoms with Crippen LogP contribution < -0.4 is 5.32 Å². The zero-order chi connectivity index (χ0) is 11.6. The van der Waals surface area contributed by atoms with Gasteiger partial charge in [-0.05, 0) is 12.3 Å². The molecule has 0 unspecified atom stereocenters. The number of nitrogens with two attached hydrogens (primary N) is 1. The largest absolute Gasteiger partial charge is 0.748 e. The van der Waals surface area contributed by atoms with Crippen LogP contribution in [-0.2, 0) is 10.1 Å². The van der Waals surface area contributed by atoms with E-state index in [2.05, 4.69) is 13.8 Å². The van der Waals surface area contributed by atoms with Gasteiger partial charge in [0.2, 0.25) is 0 Å². The Morgan fingerprint density at radius 3 is 1.93 bits per heavy atom. The Bertz CT molecular complexity index is 200. The van der Waals surface area contributed by atoms with Crippen molar-refractivity contribution >= 4 is 10.1 Å². The second-order valence-electron chi connectivity index (χ2n) is 3.73. The summed E-state index contributed by atoms with van der Waals surface area (Å²) in [6, 6.07) is 0. The molecule has 0 aliphatic carbocycles. The lowest BCUT2D eigenvalue weighted by atomic mass is 10.1. The van der Waals surface area contributed by atoms with Crippen LogP contribution in [0.1, 0.15) is 33.1 Å². The van der Waals surface area contributed by atoms with Gasteiger partial charge in [-0.15, -0.1) is 0 Å². The summed E-state index contributed by atoms with van der Waals surface area (Å²) in [5, 5.41) is 2.00. The van der Waals surface area contributed by atoms with Gasteiger partial charge in [0, 0.05) is 5.75 Å². The molecule has 14 heavy (non-hydrogen) atoms. The molecule has 0 saturated carbocycles. The topological polar surface area (TPSA) is 73.8 Å². The summed E-state index contributed by atoms with van der Waals surface area (Å²) < 4.78 is 30.4. The van der Waals surface area contributed by atoms with Gasteiger partial charge in [-0.2, -0.15) is 0 Å². The van der Waals surface area contributed by atoms with E-state index in [1.807, 2.05) is 19.4 Å². The molecule has 0 aliphatic rings. The summed E-state index contributed by atoms with van der Waals surface area (Å²) in [7, 11) is 0.0279. The Hall–Kier alpha value is -0.130. The molecule has 2 N–H and O–H groups in total. The lowest BCUT2D eigenvalue weighted by Gasteiger charge is -2.06. The van der Waals surface area contributed by atoms with Gasteiger partial charge >= 0.3 is 0 Å². The first-order chi connectivity index (χ1) is 6.33. The fraction of sp³-hybridized carbons (Fsp3) is 1.00. The molecule has 0 saturated heterocycles. The van der Waals surface area contributed by atoms with E-state index in [1.165, 1.54) is 0 Å². The van der Waals surface area contributed by atoms with Crippen LogP contribution in [0.25, 0.3) is 0 Å². The first-order valence-electron chi connectivity index (χ1n) is 5.01. The van der Waals surface area contributed by atoms with Gasteiger partial charge in [0.15, 0.2) is 0 Å². The Morgan fingerprint density at radius 2 is 1.64 bits per heavy atom. The molecule has 0 radical (unpaired) electrons. The first kappa shape index (κ1) is 16.3. The van der Waals surface area contributed by atoms with Crippen LogP contribution in [-0.4, -0.2) is 32.8 Å². The van der Waals surface area contributed by atoms with Crippen LogP contribution in [0.4, 0.5) is 0 Å². The Morgan fingerprint density at radius 1 is 1.21 bits per heavy atom. The van der Waals surface area contributed by atoms with Crippen LogP contribution in [0.15, 0.2) is 0 Å². The molecule has 0 rings (SSSR count). The normalized spacial score (nSPS) is 11.0. The summed E-state index contributed by atoms with van der Waals surface area (Å²) in [5.74, 6) is 0.379. The highest BCUT2D eigenvalue weighted by Gasteiger charge is 1.97. The van der Waals surface area contributed by atoms with Crippen LogP contribution >= 0.6 is 0 Å². The summed E-state index contributed by atoms with van der Waals surface area (Å²) in [6.45, 7) is 4.15. The molecular formula is C9H23NO3S. The van der Waals surface area contributed by atoms with Gasteiger partial charge in [0.1, 0.15) is 0 Å². The summed E-state index contributed by atoms with van der Waals surface area (Å²) in [4.78, 5) is 0. The van der Waals surface area contributed by atoms with E-state index >= 15 is 0 Å². The molecule has 88 valence electrons. The third-order valence-electron chi connectivity index (χ3n) is 1.43. The van der Waals surface area contributed by atoms with Crippen molar-refractivity contribution in [1.82, 2.24) is 0 Å². The van der Waals surface area contributed by atoms with Gasteiger partial charge in [-0.3, -0.25) is 0 Å². The maximum absolute atomic E-state index is 10.1. The fourth-order valence-electron chi connectivity index (χ4n) is 0.831. The fourth-order valence-corrected chi connectivity index (χ4v) is 1.39. The van der Waals surface area contributed by atoms with Gasteiger partial charge < -0.3 is 9.87 Å². The van der Waals surface area contributed by atoms with E-state index in [0.717, 1.165) is 12.8 Å². The second-order valence-corrected chi connectivity index (χ2v) is 5.25. The molecule has 0 atom stereocenters. The highest BCUT2D eigenvalue weighted by Crippen LogP contribution is 2.06. The van der Waals surface area contributed by atoms with E-state index in [9.17, 15) is 13.0 Å². The van der Waals surface area contributed by atoms with E-state index < -0.39 is 10.1 Å². The molecule has 0 bridgehead atoms. The molecular weight excluding hydrogens is 202 g/mol. The standard InChI is InChI=1S/C7H16O3S.C2H7N/c1-7(2)5-3-4-6-11(8,9)10;1-3-2/h7H,3-6H2,1-2H3,(H,8,9,10);3H,1-2H3. The quantitative estimate of drug-likeness (QED) is 0.535. The number of hydrogen-bond acceptors (Lipinski definition) is 3. The zero-order valence-corrected chi connectivity index (χ0v) is 10.4. The average Bonchev–Trinajstić information content (AvgIpc) is 1.98. The summed E-state index contributed by atoms with van der Waals surface area (Å²) >= 11 is 0. The van der Waals surface area contributed by atoms with Gasteiger partial charge in [0.25, 0.3) is 0 Å². The number of quaternary nitrogens is 1. The van der Waals surface area contributed by atoms with Crippen molar-refractivity contribution in [2.45, 2.75) is 33.1 Å². The van der Waals surface area contributed by atoms with Crippen LogP contribution in [0, 0.1) is 5.92 Å². The molecule has 5 heteroatoms. The summed E-state index contributed by atoms with van der Waals surface area (Å²) in [5.41, 5.74) is 0. The predicted molar refractivity (Wildman–Crippen MR) is 57.0 cm³/mol. The minimum absolute atomic E-state index is 0.209. The molecule has 0 heterocycles. The van der Waals surface area contributed by atoms with Gasteiger partial charge in [0.05, 0.1) is 24.2 Å². The minimum Gasteiger partial charge on any atom is -0.748 e. The smallest absolute Gasteiger partial charge is 0.0945 e. The Balaban J connectivity index is 0. The number of hydrogen-bond donors (Lipinski definition) is 1. The lowest BCUT2D eigenvalue weighted by molar-refractivity contribution is -0.597. The molecule has 4 nitrogen and oxygen atoms in total. The van der Waals surface area contributed by atoms with E-state index in [0.29, 0.717) is 12.3 Å². The minimum atomic E-state index is -3.97. The average molecular weight is 225 g/mol. The molecule has 0 aromatic rings. The van der Waals surface area contributed by atoms with E-state index in [4.69, 9.17) is 0 Å². The second kappa shape index (κ2) is 9.43. The molecule has 0 fully saturated rings. The lowest BCUT2D eigenvalue weighted by Crippen LogP contribution is -2.74. The molecule has 0 aliphatic heterocycles.